The van der Waals surface area contributed by atoms with Gasteiger partial charge >= 0.3 is 0 Å². The lowest BCUT2D eigenvalue weighted by atomic mass is 9.82. The van der Waals surface area contributed by atoms with Crippen molar-refractivity contribution in [3.63, 3.8) is 0 Å². The first-order valence-electron chi connectivity index (χ1n) is 8.48. The second-order valence-corrected chi connectivity index (χ2v) is 6.43. The zero-order chi connectivity index (χ0) is 15.2. The topological polar surface area (TPSA) is 50.4 Å². The third-order valence-electron chi connectivity index (χ3n) is 4.78. The monoisotopic (exact) mass is 302 g/mol. The number of carbonyl (C=O) groups excluding carboxylic acids is 1. The van der Waals surface area contributed by atoms with Gasteiger partial charge in [0.1, 0.15) is 0 Å². The lowest BCUT2D eigenvalue weighted by Gasteiger charge is -2.30. The Morgan fingerprint density at radius 3 is 2.64 bits per heavy atom. The molecule has 2 fully saturated rings. The van der Waals surface area contributed by atoms with E-state index < -0.39 is 0 Å². The van der Waals surface area contributed by atoms with Gasteiger partial charge in [-0.25, -0.2) is 0 Å². The molecule has 1 saturated carbocycles. The first-order chi connectivity index (χ1) is 10.8. The molecule has 1 heterocycles. The van der Waals surface area contributed by atoms with Crippen molar-refractivity contribution in [1.29, 1.82) is 0 Å². The average molecular weight is 302 g/mol. The Bertz CT molecular complexity index is 463. The van der Waals surface area contributed by atoms with E-state index in [0.717, 1.165) is 38.8 Å². The predicted molar refractivity (Wildman–Crippen MR) is 86.8 cm³/mol. The molecule has 1 atom stereocenters. The van der Waals surface area contributed by atoms with Gasteiger partial charge in [0.2, 0.25) is 5.91 Å². The fraction of sp³-hybridized carbons (Fsp3) is 0.611. The van der Waals surface area contributed by atoms with Gasteiger partial charge in [-0.1, -0.05) is 30.3 Å². The normalized spacial score (nSPS) is 29.0. The van der Waals surface area contributed by atoms with Crippen LogP contribution in [0.4, 0.5) is 0 Å². The molecule has 2 aliphatic rings. The highest BCUT2D eigenvalue weighted by Crippen LogP contribution is 2.32. The SMILES string of the molecule is O=C(CC1CNCCO1)NC1CCC(c2ccccc2)CC1. The van der Waals surface area contributed by atoms with Gasteiger partial charge in [0.25, 0.3) is 0 Å². The molecule has 0 bridgehead atoms. The minimum atomic E-state index is 0.0365. The average Bonchev–Trinajstić information content (AvgIpc) is 2.57. The lowest BCUT2D eigenvalue weighted by molar-refractivity contribution is -0.125. The number of nitrogens with one attached hydrogen (secondary N) is 2. The highest BCUT2D eigenvalue weighted by molar-refractivity contribution is 5.76. The largest absolute Gasteiger partial charge is 0.375 e. The highest BCUT2D eigenvalue weighted by Gasteiger charge is 2.24. The first kappa shape index (κ1) is 15.5. The van der Waals surface area contributed by atoms with E-state index in [-0.39, 0.29) is 12.0 Å². The van der Waals surface area contributed by atoms with E-state index in [1.54, 1.807) is 0 Å². The summed E-state index contributed by atoms with van der Waals surface area (Å²) >= 11 is 0. The van der Waals surface area contributed by atoms with Gasteiger partial charge in [0.15, 0.2) is 0 Å². The first-order valence-corrected chi connectivity index (χ1v) is 8.48. The molecule has 3 rings (SSSR count). The molecule has 4 nitrogen and oxygen atoms in total. The van der Waals surface area contributed by atoms with Crippen LogP contribution in [0.15, 0.2) is 30.3 Å². The molecule has 0 aromatic heterocycles. The molecule has 1 aliphatic carbocycles. The van der Waals surface area contributed by atoms with E-state index in [0.29, 0.717) is 25.0 Å². The molecule has 22 heavy (non-hydrogen) atoms. The summed E-state index contributed by atoms with van der Waals surface area (Å²) < 4.78 is 5.59. The number of hydrogen-bond acceptors (Lipinski definition) is 3. The lowest BCUT2D eigenvalue weighted by Crippen LogP contribution is -2.44. The van der Waals surface area contributed by atoms with Gasteiger partial charge in [-0.3, -0.25) is 4.79 Å². The number of ether oxygens (including phenoxy) is 1. The molecule has 1 saturated heterocycles. The minimum Gasteiger partial charge on any atom is -0.375 e. The number of hydrogen-bond donors (Lipinski definition) is 2. The number of benzene rings is 1. The van der Waals surface area contributed by atoms with Crippen molar-refractivity contribution in [1.82, 2.24) is 10.6 Å². The summed E-state index contributed by atoms with van der Waals surface area (Å²) in [4.78, 5) is 12.1. The maximum Gasteiger partial charge on any atom is 0.222 e. The van der Waals surface area contributed by atoms with Gasteiger partial charge in [-0.05, 0) is 37.2 Å². The molecule has 1 amide bonds. The van der Waals surface area contributed by atoms with E-state index in [1.165, 1.54) is 5.56 Å². The predicted octanol–water partition coefficient (Wildman–Crippen LogP) is 2.21. The van der Waals surface area contributed by atoms with Crippen LogP contribution in [0.3, 0.4) is 0 Å². The summed E-state index contributed by atoms with van der Waals surface area (Å²) in [5.74, 6) is 0.789. The van der Waals surface area contributed by atoms with Crippen LogP contribution in [0.1, 0.15) is 43.6 Å². The summed E-state index contributed by atoms with van der Waals surface area (Å²) in [6.45, 7) is 2.38. The van der Waals surface area contributed by atoms with Crippen molar-refractivity contribution in [2.75, 3.05) is 19.7 Å². The minimum absolute atomic E-state index is 0.0365. The van der Waals surface area contributed by atoms with Crippen LogP contribution >= 0.6 is 0 Å². The summed E-state index contributed by atoms with van der Waals surface area (Å²) in [7, 11) is 0. The summed E-state index contributed by atoms with van der Waals surface area (Å²) in [5, 5.41) is 6.45. The Kier molecular flexibility index (Phi) is 5.46. The number of carbonyl (C=O) groups is 1. The molecular formula is C18H26N2O2. The fourth-order valence-corrected chi connectivity index (χ4v) is 3.54. The maximum absolute atomic E-state index is 12.1. The third-order valence-corrected chi connectivity index (χ3v) is 4.78. The van der Waals surface area contributed by atoms with Crippen molar-refractivity contribution in [3.05, 3.63) is 35.9 Å². The summed E-state index contributed by atoms with van der Waals surface area (Å²) in [6, 6.07) is 11.1. The van der Waals surface area contributed by atoms with E-state index >= 15 is 0 Å². The molecule has 4 heteroatoms. The van der Waals surface area contributed by atoms with E-state index in [2.05, 4.69) is 41.0 Å². The molecule has 0 spiro atoms. The molecule has 1 aromatic rings. The molecule has 120 valence electrons. The Hall–Kier alpha value is -1.39. The van der Waals surface area contributed by atoms with Crippen LogP contribution in [-0.2, 0) is 9.53 Å². The van der Waals surface area contributed by atoms with Crippen molar-refractivity contribution in [3.8, 4) is 0 Å². The Balaban J connectivity index is 1.41. The Morgan fingerprint density at radius 2 is 1.95 bits per heavy atom. The summed E-state index contributed by atoms with van der Waals surface area (Å²) in [5.41, 5.74) is 1.44. The van der Waals surface area contributed by atoms with Gasteiger partial charge in [0, 0.05) is 19.1 Å². The van der Waals surface area contributed by atoms with E-state index in [1.807, 2.05) is 0 Å². The molecule has 0 radical (unpaired) electrons. The molecular weight excluding hydrogens is 276 g/mol. The van der Waals surface area contributed by atoms with E-state index in [9.17, 15) is 4.79 Å². The second kappa shape index (κ2) is 7.75. The van der Waals surface area contributed by atoms with Crippen molar-refractivity contribution >= 4 is 5.91 Å². The second-order valence-electron chi connectivity index (χ2n) is 6.43. The number of morpholine rings is 1. The molecule has 1 unspecified atom stereocenters. The fourth-order valence-electron chi connectivity index (χ4n) is 3.54. The standard InChI is InChI=1S/C18H26N2O2/c21-18(12-17-13-19-10-11-22-17)20-16-8-6-15(7-9-16)14-4-2-1-3-5-14/h1-5,15-17,19H,6-13H2,(H,20,21). The number of rotatable bonds is 4. The third kappa shape index (κ3) is 4.31. The molecule has 1 aromatic carbocycles. The molecule has 1 aliphatic heterocycles. The summed E-state index contributed by atoms with van der Waals surface area (Å²) in [6.07, 6.45) is 5.00. The number of amides is 1. The molecule has 2 N–H and O–H groups in total. The maximum atomic E-state index is 12.1. The quantitative estimate of drug-likeness (QED) is 0.896. The van der Waals surface area contributed by atoms with Gasteiger partial charge in [0.05, 0.1) is 19.1 Å². The smallest absolute Gasteiger partial charge is 0.222 e. The zero-order valence-corrected chi connectivity index (χ0v) is 13.1. The van der Waals surface area contributed by atoms with Gasteiger partial charge in [-0.2, -0.15) is 0 Å². The van der Waals surface area contributed by atoms with Crippen LogP contribution in [0.25, 0.3) is 0 Å². The Morgan fingerprint density at radius 1 is 1.18 bits per heavy atom. The van der Waals surface area contributed by atoms with Crippen LogP contribution in [0.5, 0.6) is 0 Å². The van der Waals surface area contributed by atoms with Crippen LogP contribution in [0, 0.1) is 0 Å². The highest BCUT2D eigenvalue weighted by atomic mass is 16.5. The van der Waals surface area contributed by atoms with E-state index in [4.69, 9.17) is 4.74 Å². The zero-order valence-electron chi connectivity index (χ0n) is 13.1. The van der Waals surface area contributed by atoms with Crippen LogP contribution in [0.2, 0.25) is 0 Å². The Labute approximate surface area is 132 Å². The van der Waals surface area contributed by atoms with Crippen molar-refractivity contribution < 1.29 is 9.53 Å². The van der Waals surface area contributed by atoms with Crippen molar-refractivity contribution in [2.24, 2.45) is 0 Å². The van der Waals surface area contributed by atoms with Crippen LogP contribution < -0.4 is 10.6 Å². The van der Waals surface area contributed by atoms with Crippen molar-refractivity contribution in [2.45, 2.75) is 50.2 Å². The van der Waals surface area contributed by atoms with Gasteiger partial charge < -0.3 is 15.4 Å². The van der Waals surface area contributed by atoms with Crippen LogP contribution in [-0.4, -0.2) is 37.7 Å². The van der Waals surface area contributed by atoms with Gasteiger partial charge in [-0.15, -0.1) is 0 Å².